The molecule has 0 aliphatic heterocycles. The van der Waals surface area contributed by atoms with Crippen LogP contribution in [0.1, 0.15) is 5.56 Å². The zero-order valence-electron chi connectivity index (χ0n) is 19.1. The smallest absolute Gasteiger partial charge is 0.270 e. The van der Waals surface area contributed by atoms with Gasteiger partial charge in [0.25, 0.3) is 10.0 Å². The van der Waals surface area contributed by atoms with Crippen molar-refractivity contribution in [3.05, 3.63) is 60.2 Å². The predicted molar refractivity (Wildman–Crippen MR) is 127 cm³/mol. The second-order valence-electron chi connectivity index (χ2n) is 7.32. The molecule has 3 aromatic carbocycles. The van der Waals surface area contributed by atoms with Gasteiger partial charge in [-0.25, -0.2) is 8.42 Å². The molecule has 0 amide bonds. The summed E-state index contributed by atoms with van der Waals surface area (Å²) in [6.07, 6.45) is 0. The third-order valence-electron chi connectivity index (χ3n) is 5.20. The van der Waals surface area contributed by atoms with Crippen LogP contribution in [0.2, 0.25) is 0 Å². The Morgan fingerprint density at radius 2 is 1.50 bits per heavy atom. The maximum absolute atomic E-state index is 13.5. The van der Waals surface area contributed by atoms with Crippen LogP contribution < -0.4 is 18.9 Å². The lowest BCUT2D eigenvalue weighted by molar-refractivity contribution is 0.184. The highest BCUT2D eigenvalue weighted by Crippen LogP contribution is 2.40. The molecule has 0 atom stereocenters. The molecule has 9 nitrogen and oxygen atoms in total. The minimum atomic E-state index is -4.21. The third-order valence-corrected chi connectivity index (χ3v) is 6.60. The van der Waals surface area contributed by atoms with E-state index in [1.54, 1.807) is 31.4 Å². The van der Waals surface area contributed by atoms with E-state index in [2.05, 4.69) is 9.88 Å². The van der Waals surface area contributed by atoms with Crippen molar-refractivity contribution in [2.45, 2.75) is 11.5 Å². The fourth-order valence-corrected chi connectivity index (χ4v) is 5.00. The highest BCUT2D eigenvalue weighted by molar-refractivity contribution is 7.93. The number of anilines is 1. The molecular formula is C24H24N2O7S. The van der Waals surface area contributed by atoms with Crippen LogP contribution in [0.25, 0.3) is 22.1 Å². The Kier molecular flexibility index (Phi) is 6.62. The Balaban J connectivity index is 1.80. The molecule has 1 heterocycles. The van der Waals surface area contributed by atoms with Gasteiger partial charge in [-0.05, 0) is 41.0 Å². The predicted octanol–water partition coefficient (Wildman–Crippen LogP) is 4.47. The number of nitrogens with zero attached hydrogens (tertiary/aromatic N) is 1. The summed E-state index contributed by atoms with van der Waals surface area (Å²) in [5.74, 6) is 0.606. The molecule has 10 heteroatoms. The molecule has 0 unspecified atom stereocenters. The Labute approximate surface area is 197 Å². The van der Waals surface area contributed by atoms with Gasteiger partial charge < -0.3 is 23.5 Å². The average molecular weight is 485 g/mol. The second kappa shape index (κ2) is 9.62. The molecule has 0 aliphatic carbocycles. The van der Waals surface area contributed by atoms with Gasteiger partial charge in [-0.15, -0.1) is 0 Å². The Hall–Kier alpha value is -3.76. The summed E-state index contributed by atoms with van der Waals surface area (Å²) < 4.78 is 56.4. The first-order valence-corrected chi connectivity index (χ1v) is 11.7. The number of benzene rings is 3. The third kappa shape index (κ3) is 4.37. The van der Waals surface area contributed by atoms with E-state index < -0.39 is 10.0 Å². The first-order valence-electron chi connectivity index (χ1n) is 10.2. The van der Waals surface area contributed by atoms with Gasteiger partial charge in [0, 0.05) is 7.11 Å². The molecule has 0 bridgehead atoms. The number of ether oxygens (including phenoxy) is 4. The zero-order chi connectivity index (χ0) is 24.3. The fraction of sp³-hybridized carbons (Fsp3) is 0.208. The number of hydrogen-bond acceptors (Lipinski definition) is 8. The summed E-state index contributed by atoms with van der Waals surface area (Å²) in [6, 6.07) is 16.2. The van der Waals surface area contributed by atoms with Crippen molar-refractivity contribution >= 4 is 26.8 Å². The molecule has 0 saturated carbocycles. The summed E-state index contributed by atoms with van der Waals surface area (Å²) in [6.45, 7) is 0.330. The quantitative estimate of drug-likeness (QED) is 0.371. The average Bonchev–Trinajstić information content (AvgIpc) is 3.25. The Bertz CT molecular complexity index is 1390. The first-order chi connectivity index (χ1) is 16.4. The second-order valence-corrected chi connectivity index (χ2v) is 8.94. The van der Waals surface area contributed by atoms with E-state index in [1.807, 2.05) is 30.3 Å². The van der Waals surface area contributed by atoms with Crippen LogP contribution in [0, 0.1) is 0 Å². The van der Waals surface area contributed by atoms with Crippen LogP contribution in [-0.4, -0.2) is 42.0 Å². The summed E-state index contributed by atoms with van der Waals surface area (Å²) in [4.78, 5) is -0.164. The van der Waals surface area contributed by atoms with E-state index in [0.29, 0.717) is 23.3 Å². The van der Waals surface area contributed by atoms with E-state index >= 15 is 0 Å². The lowest BCUT2D eigenvalue weighted by atomic mass is 10.1. The highest BCUT2D eigenvalue weighted by Gasteiger charge is 2.29. The van der Waals surface area contributed by atoms with Crippen molar-refractivity contribution < 1.29 is 31.9 Å². The van der Waals surface area contributed by atoms with Gasteiger partial charge in [-0.2, -0.15) is 0 Å². The van der Waals surface area contributed by atoms with Gasteiger partial charge in [0.1, 0.15) is 22.6 Å². The number of fused-ring (bicyclic) bond motifs is 1. The van der Waals surface area contributed by atoms with Crippen molar-refractivity contribution in [3.63, 3.8) is 0 Å². The van der Waals surface area contributed by atoms with Gasteiger partial charge in [0.2, 0.25) is 0 Å². The van der Waals surface area contributed by atoms with E-state index in [4.69, 9.17) is 23.5 Å². The molecular weight excluding hydrogens is 460 g/mol. The number of nitrogens with one attached hydrogen (secondary N) is 1. The van der Waals surface area contributed by atoms with Gasteiger partial charge in [0.15, 0.2) is 16.3 Å². The maximum Gasteiger partial charge on any atom is 0.270 e. The normalized spacial score (nSPS) is 11.4. The van der Waals surface area contributed by atoms with Crippen molar-refractivity contribution in [1.82, 2.24) is 5.16 Å². The lowest BCUT2D eigenvalue weighted by Gasteiger charge is -2.16. The van der Waals surface area contributed by atoms with E-state index in [9.17, 15) is 8.42 Å². The highest BCUT2D eigenvalue weighted by atomic mass is 32.2. The van der Waals surface area contributed by atoms with Crippen molar-refractivity contribution in [2.24, 2.45) is 0 Å². The van der Waals surface area contributed by atoms with Crippen LogP contribution in [-0.2, 0) is 21.4 Å². The number of rotatable bonds is 9. The summed E-state index contributed by atoms with van der Waals surface area (Å²) >= 11 is 0. The van der Waals surface area contributed by atoms with Crippen LogP contribution in [0.4, 0.5) is 5.82 Å². The van der Waals surface area contributed by atoms with E-state index in [1.165, 1.54) is 21.3 Å². The SMILES string of the molecule is COCc1cc(OC)c2c(NS(=O)(=O)c3c(OC)cc(-c4ccccc4)cc3OC)noc2c1. The van der Waals surface area contributed by atoms with Gasteiger partial charge >= 0.3 is 0 Å². The molecule has 4 aromatic rings. The maximum atomic E-state index is 13.5. The first kappa shape index (κ1) is 23.4. The minimum absolute atomic E-state index is 0.0212. The largest absolute Gasteiger partial charge is 0.496 e. The van der Waals surface area contributed by atoms with Crippen molar-refractivity contribution in [3.8, 4) is 28.4 Å². The van der Waals surface area contributed by atoms with Crippen LogP contribution in [0.15, 0.2) is 64.0 Å². The van der Waals surface area contributed by atoms with Crippen LogP contribution in [0.5, 0.6) is 17.2 Å². The molecule has 0 aliphatic rings. The fourth-order valence-electron chi connectivity index (χ4n) is 3.69. The van der Waals surface area contributed by atoms with Crippen molar-refractivity contribution in [2.75, 3.05) is 33.2 Å². The van der Waals surface area contributed by atoms with Crippen LogP contribution >= 0.6 is 0 Å². The standard InChI is InChI=1S/C24H24N2O7S/c1-29-14-15-10-18(30-2)22-19(11-15)33-25-24(22)26-34(27,28)23-20(31-3)12-17(13-21(23)32-4)16-8-6-5-7-9-16/h5-13H,14H2,1-4H3,(H,25,26). The minimum Gasteiger partial charge on any atom is -0.496 e. The lowest BCUT2D eigenvalue weighted by Crippen LogP contribution is -2.16. The number of sulfonamides is 1. The van der Waals surface area contributed by atoms with E-state index in [0.717, 1.165) is 16.7 Å². The molecule has 0 spiro atoms. The summed E-state index contributed by atoms with van der Waals surface area (Å²) in [5, 5.41) is 4.30. The molecule has 1 aromatic heterocycles. The number of aromatic nitrogens is 1. The summed E-state index contributed by atoms with van der Waals surface area (Å²) in [5.41, 5.74) is 2.77. The van der Waals surface area contributed by atoms with E-state index in [-0.39, 0.29) is 22.2 Å². The van der Waals surface area contributed by atoms with Crippen LogP contribution in [0.3, 0.4) is 0 Å². The molecule has 1 N–H and O–H groups in total. The molecule has 0 saturated heterocycles. The van der Waals surface area contributed by atoms with Gasteiger partial charge in [-0.1, -0.05) is 35.5 Å². The topological polar surface area (TPSA) is 109 Å². The Morgan fingerprint density at radius 3 is 2.09 bits per heavy atom. The molecule has 34 heavy (non-hydrogen) atoms. The number of methoxy groups -OCH3 is 4. The Morgan fingerprint density at radius 1 is 0.853 bits per heavy atom. The van der Waals surface area contributed by atoms with Gasteiger partial charge in [-0.3, -0.25) is 4.72 Å². The zero-order valence-corrected chi connectivity index (χ0v) is 19.9. The van der Waals surface area contributed by atoms with Gasteiger partial charge in [0.05, 0.1) is 27.9 Å². The molecule has 0 radical (unpaired) electrons. The molecule has 0 fully saturated rings. The molecule has 178 valence electrons. The number of hydrogen-bond donors (Lipinski definition) is 1. The molecule has 4 rings (SSSR count). The summed E-state index contributed by atoms with van der Waals surface area (Å²) in [7, 11) is 1.63. The van der Waals surface area contributed by atoms with Crippen molar-refractivity contribution in [1.29, 1.82) is 0 Å². The monoisotopic (exact) mass is 484 g/mol.